The van der Waals surface area contributed by atoms with Gasteiger partial charge in [-0.15, -0.1) is 0 Å². The van der Waals surface area contributed by atoms with Crippen molar-refractivity contribution in [2.75, 3.05) is 11.1 Å². The molecule has 3 N–H and O–H groups in total. The molecule has 1 aromatic carbocycles. The number of aryl methyl sites for hydroxylation is 1. The standard InChI is InChI=1S/C10H8FN5O3S/c1-4-13-10(20-15-4)14-9(17)6-2-5(11)3-7(8(6)12)16(18)19/h2-3H,12H2,1H3,(H,13,14,15,17). The monoisotopic (exact) mass is 297 g/mol. The van der Waals surface area contributed by atoms with Gasteiger partial charge in [0, 0.05) is 11.5 Å². The lowest BCUT2D eigenvalue weighted by molar-refractivity contribution is -0.384. The molecule has 0 spiro atoms. The highest BCUT2D eigenvalue weighted by Gasteiger charge is 2.22. The highest BCUT2D eigenvalue weighted by molar-refractivity contribution is 7.09. The van der Waals surface area contributed by atoms with E-state index in [2.05, 4.69) is 14.7 Å². The zero-order chi connectivity index (χ0) is 14.9. The lowest BCUT2D eigenvalue weighted by Crippen LogP contribution is -2.15. The number of hydrogen-bond donors (Lipinski definition) is 2. The van der Waals surface area contributed by atoms with Crippen molar-refractivity contribution in [2.24, 2.45) is 0 Å². The van der Waals surface area contributed by atoms with Crippen molar-refractivity contribution in [2.45, 2.75) is 6.92 Å². The van der Waals surface area contributed by atoms with Crippen molar-refractivity contribution in [1.29, 1.82) is 0 Å². The summed E-state index contributed by atoms with van der Waals surface area (Å²) >= 11 is 0.932. The first-order valence-electron chi connectivity index (χ1n) is 5.23. The molecule has 0 aliphatic rings. The van der Waals surface area contributed by atoms with E-state index in [1.165, 1.54) is 0 Å². The largest absolute Gasteiger partial charge is 0.393 e. The molecule has 0 saturated heterocycles. The summed E-state index contributed by atoms with van der Waals surface area (Å²) in [5, 5.41) is 13.3. The Balaban J connectivity index is 2.37. The van der Waals surface area contributed by atoms with Crippen LogP contribution in [0.25, 0.3) is 0 Å². The number of nitrogens with two attached hydrogens (primary N) is 1. The van der Waals surface area contributed by atoms with E-state index >= 15 is 0 Å². The van der Waals surface area contributed by atoms with Crippen molar-refractivity contribution in [3.05, 3.63) is 39.5 Å². The molecule has 0 atom stereocenters. The van der Waals surface area contributed by atoms with Crippen LogP contribution >= 0.6 is 11.5 Å². The van der Waals surface area contributed by atoms with Gasteiger partial charge in [-0.05, 0) is 13.0 Å². The summed E-state index contributed by atoms with van der Waals surface area (Å²) in [5.74, 6) is -1.26. The molecule has 2 aromatic rings. The molecule has 2 rings (SSSR count). The summed E-state index contributed by atoms with van der Waals surface area (Å²) in [7, 11) is 0. The van der Waals surface area contributed by atoms with E-state index in [-0.39, 0.29) is 10.7 Å². The summed E-state index contributed by atoms with van der Waals surface area (Å²) in [6, 6.07) is 1.48. The van der Waals surface area contributed by atoms with Gasteiger partial charge in [-0.2, -0.15) is 4.37 Å². The van der Waals surface area contributed by atoms with Gasteiger partial charge in [0.15, 0.2) is 0 Å². The zero-order valence-electron chi connectivity index (χ0n) is 10.1. The third-order valence-corrected chi connectivity index (χ3v) is 3.03. The fraction of sp³-hybridized carbons (Fsp3) is 0.100. The maximum atomic E-state index is 13.3. The second kappa shape index (κ2) is 5.17. The van der Waals surface area contributed by atoms with E-state index < -0.39 is 28.0 Å². The Hall–Kier alpha value is -2.62. The van der Waals surface area contributed by atoms with E-state index in [0.717, 1.165) is 17.6 Å². The van der Waals surface area contributed by atoms with E-state index in [9.17, 15) is 19.3 Å². The molecule has 1 aromatic heterocycles. The number of carbonyl (C=O) groups is 1. The predicted molar refractivity (Wildman–Crippen MR) is 70.1 cm³/mol. The minimum atomic E-state index is -0.926. The van der Waals surface area contributed by atoms with Crippen LogP contribution in [0.1, 0.15) is 16.2 Å². The summed E-state index contributed by atoms with van der Waals surface area (Å²) in [5.41, 5.74) is 4.11. The minimum absolute atomic E-state index is 0.193. The fourth-order valence-corrected chi connectivity index (χ4v) is 2.03. The van der Waals surface area contributed by atoms with E-state index in [1.807, 2.05) is 0 Å². The number of rotatable bonds is 3. The van der Waals surface area contributed by atoms with E-state index in [0.29, 0.717) is 11.9 Å². The molecule has 0 bridgehead atoms. The Morgan fingerprint density at radius 3 is 2.80 bits per heavy atom. The molecular weight excluding hydrogens is 289 g/mol. The molecule has 0 aliphatic carbocycles. The third kappa shape index (κ3) is 2.69. The fourth-order valence-electron chi connectivity index (χ4n) is 1.45. The van der Waals surface area contributed by atoms with Gasteiger partial charge in [-0.25, -0.2) is 9.37 Å². The first-order valence-corrected chi connectivity index (χ1v) is 6.01. The van der Waals surface area contributed by atoms with Crippen LogP contribution in [0, 0.1) is 22.9 Å². The van der Waals surface area contributed by atoms with Gasteiger partial charge in [0.1, 0.15) is 17.3 Å². The van der Waals surface area contributed by atoms with Crippen molar-refractivity contribution in [3.8, 4) is 0 Å². The van der Waals surface area contributed by atoms with Crippen LogP contribution in [-0.2, 0) is 0 Å². The number of nitrogen functional groups attached to an aromatic ring is 1. The number of amides is 1. The Bertz CT molecular complexity index is 702. The van der Waals surface area contributed by atoms with Crippen LogP contribution in [0.2, 0.25) is 0 Å². The van der Waals surface area contributed by atoms with Crippen LogP contribution in [0.5, 0.6) is 0 Å². The summed E-state index contributed by atoms with van der Waals surface area (Å²) < 4.78 is 17.2. The Kier molecular flexibility index (Phi) is 3.57. The van der Waals surface area contributed by atoms with Gasteiger partial charge in [0.25, 0.3) is 11.6 Å². The smallest absolute Gasteiger partial charge is 0.295 e. The Morgan fingerprint density at radius 2 is 2.25 bits per heavy atom. The third-order valence-electron chi connectivity index (χ3n) is 2.31. The maximum absolute atomic E-state index is 13.3. The van der Waals surface area contributed by atoms with Crippen molar-refractivity contribution < 1.29 is 14.1 Å². The highest BCUT2D eigenvalue weighted by atomic mass is 32.1. The van der Waals surface area contributed by atoms with Crippen molar-refractivity contribution in [1.82, 2.24) is 9.36 Å². The normalized spacial score (nSPS) is 10.3. The first-order chi connectivity index (χ1) is 9.38. The van der Waals surface area contributed by atoms with E-state index in [1.54, 1.807) is 6.92 Å². The number of nitrogens with one attached hydrogen (secondary N) is 1. The lowest BCUT2D eigenvalue weighted by atomic mass is 10.1. The molecule has 104 valence electrons. The second-order valence-corrected chi connectivity index (χ2v) is 4.50. The molecule has 1 heterocycles. The van der Waals surface area contributed by atoms with E-state index in [4.69, 9.17) is 5.73 Å². The number of nitrogens with zero attached hydrogens (tertiary/aromatic N) is 3. The molecule has 0 unspecified atom stereocenters. The quantitative estimate of drug-likeness (QED) is 0.505. The zero-order valence-corrected chi connectivity index (χ0v) is 10.9. The summed E-state index contributed by atoms with van der Waals surface area (Å²) in [6.45, 7) is 1.63. The van der Waals surface area contributed by atoms with Crippen molar-refractivity contribution >= 4 is 33.9 Å². The number of hydrogen-bond acceptors (Lipinski definition) is 7. The number of anilines is 2. The van der Waals surface area contributed by atoms with Crippen molar-refractivity contribution in [3.63, 3.8) is 0 Å². The SMILES string of the molecule is Cc1nsc(NC(=O)c2cc(F)cc([N+](=O)[O-])c2N)n1. The number of nitro benzene ring substituents is 1. The molecule has 20 heavy (non-hydrogen) atoms. The number of benzene rings is 1. The number of nitro groups is 1. The first kappa shape index (κ1) is 13.8. The van der Waals surface area contributed by atoms with Crippen LogP contribution in [0.4, 0.5) is 20.9 Å². The number of halogens is 1. The van der Waals surface area contributed by atoms with Gasteiger partial charge in [0.05, 0.1) is 16.6 Å². The van der Waals surface area contributed by atoms with Gasteiger partial charge in [-0.1, -0.05) is 0 Å². The molecule has 0 aliphatic heterocycles. The predicted octanol–water partition coefficient (Wildman–Crippen LogP) is 1.73. The highest BCUT2D eigenvalue weighted by Crippen LogP contribution is 2.27. The van der Waals surface area contributed by atoms with Gasteiger partial charge >= 0.3 is 0 Å². The van der Waals surface area contributed by atoms with Crippen LogP contribution in [-0.4, -0.2) is 20.2 Å². The van der Waals surface area contributed by atoms with Crippen LogP contribution in [0.3, 0.4) is 0 Å². The van der Waals surface area contributed by atoms with Crippen LogP contribution < -0.4 is 11.1 Å². The molecule has 10 heteroatoms. The second-order valence-electron chi connectivity index (χ2n) is 3.74. The van der Waals surface area contributed by atoms with Crippen LogP contribution in [0.15, 0.2) is 12.1 Å². The summed E-state index contributed by atoms with van der Waals surface area (Å²) in [4.78, 5) is 25.7. The van der Waals surface area contributed by atoms with Gasteiger partial charge in [0.2, 0.25) is 5.13 Å². The van der Waals surface area contributed by atoms with Gasteiger partial charge in [-0.3, -0.25) is 20.2 Å². The Morgan fingerprint density at radius 1 is 1.55 bits per heavy atom. The molecule has 8 nitrogen and oxygen atoms in total. The lowest BCUT2D eigenvalue weighted by Gasteiger charge is -2.05. The number of carbonyl (C=O) groups excluding carboxylic acids is 1. The van der Waals surface area contributed by atoms with Gasteiger partial charge < -0.3 is 5.73 Å². The minimum Gasteiger partial charge on any atom is -0.393 e. The molecule has 0 radical (unpaired) electrons. The number of aromatic nitrogens is 2. The topological polar surface area (TPSA) is 124 Å². The summed E-state index contributed by atoms with van der Waals surface area (Å²) in [6.07, 6.45) is 0. The molecule has 0 fully saturated rings. The Labute approximate surface area is 115 Å². The molecule has 1 amide bonds. The molecular formula is C10H8FN5O3S. The maximum Gasteiger partial charge on any atom is 0.295 e. The average molecular weight is 297 g/mol. The molecule has 0 saturated carbocycles. The average Bonchev–Trinajstić information content (AvgIpc) is 2.76.